The summed E-state index contributed by atoms with van der Waals surface area (Å²) in [5.41, 5.74) is 4.94. The molecule has 0 unspecified atom stereocenters. The Bertz CT molecular complexity index is 932. The van der Waals surface area contributed by atoms with Gasteiger partial charge in [0.2, 0.25) is 5.91 Å². The largest absolute Gasteiger partial charge is 0.325 e. The zero-order chi connectivity index (χ0) is 18.7. The Morgan fingerprint density at radius 3 is 2.58 bits per heavy atom. The predicted molar refractivity (Wildman–Crippen MR) is 109 cm³/mol. The minimum absolute atomic E-state index is 0.0511. The molecule has 134 valence electrons. The van der Waals surface area contributed by atoms with Crippen molar-refractivity contribution in [3.05, 3.63) is 70.5 Å². The van der Waals surface area contributed by atoms with E-state index in [4.69, 9.17) is 11.6 Å². The molecule has 0 aliphatic rings. The number of aryl methyl sites for hydroxylation is 2. The summed E-state index contributed by atoms with van der Waals surface area (Å²) in [6.45, 7) is 5.95. The van der Waals surface area contributed by atoms with Crippen molar-refractivity contribution in [3.8, 4) is 5.69 Å². The molecule has 1 aromatic heterocycles. The zero-order valence-corrected chi connectivity index (χ0v) is 16.5. The number of nitrogens with zero attached hydrogens (tertiary/aromatic N) is 2. The average Bonchev–Trinajstić information content (AvgIpc) is 3.07. The van der Waals surface area contributed by atoms with Crippen LogP contribution in [0.25, 0.3) is 5.69 Å². The van der Waals surface area contributed by atoms with Crippen LogP contribution in [0.5, 0.6) is 0 Å². The Morgan fingerprint density at radius 1 is 1.15 bits per heavy atom. The molecular weight excluding hydrogens is 366 g/mol. The number of imidazole rings is 1. The van der Waals surface area contributed by atoms with Gasteiger partial charge >= 0.3 is 0 Å². The van der Waals surface area contributed by atoms with Gasteiger partial charge in [0.1, 0.15) is 0 Å². The number of aromatic nitrogens is 2. The van der Waals surface area contributed by atoms with Crippen LogP contribution in [0.15, 0.2) is 53.9 Å². The van der Waals surface area contributed by atoms with E-state index >= 15 is 0 Å². The Kier molecular flexibility index (Phi) is 5.69. The zero-order valence-electron chi connectivity index (χ0n) is 14.9. The average molecular weight is 386 g/mol. The van der Waals surface area contributed by atoms with Crippen LogP contribution in [0.2, 0.25) is 5.02 Å². The minimum Gasteiger partial charge on any atom is -0.325 e. The first-order valence-corrected chi connectivity index (χ1v) is 9.61. The number of carbonyl (C=O) groups is 1. The molecule has 26 heavy (non-hydrogen) atoms. The van der Waals surface area contributed by atoms with Gasteiger partial charge in [-0.1, -0.05) is 47.6 Å². The molecule has 1 heterocycles. The van der Waals surface area contributed by atoms with E-state index in [1.165, 1.54) is 11.8 Å². The number of halogens is 1. The van der Waals surface area contributed by atoms with Gasteiger partial charge in [-0.05, 0) is 49.6 Å². The van der Waals surface area contributed by atoms with Crippen LogP contribution >= 0.6 is 23.4 Å². The second-order valence-corrected chi connectivity index (χ2v) is 7.42. The van der Waals surface area contributed by atoms with Crippen LogP contribution < -0.4 is 5.32 Å². The van der Waals surface area contributed by atoms with Crippen molar-refractivity contribution < 1.29 is 4.79 Å². The summed E-state index contributed by atoms with van der Waals surface area (Å²) in [6.07, 6.45) is 3.61. The number of nitrogens with one attached hydrogen (secondary N) is 1. The van der Waals surface area contributed by atoms with E-state index in [9.17, 15) is 4.79 Å². The molecular formula is C20H20ClN3OS. The molecule has 0 saturated heterocycles. The van der Waals surface area contributed by atoms with E-state index in [0.29, 0.717) is 5.02 Å². The molecule has 1 amide bonds. The highest BCUT2D eigenvalue weighted by atomic mass is 35.5. The summed E-state index contributed by atoms with van der Waals surface area (Å²) in [5.74, 6) is 0.231. The predicted octanol–water partition coefficient (Wildman–Crippen LogP) is 5.18. The highest BCUT2D eigenvalue weighted by Crippen LogP contribution is 2.27. The molecule has 0 radical (unpaired) electrons. The third kappa shape index (κ3) is 3.94. The van der Waals surface area contributed by atoms with Crippen molar-refractivity contribution in [2.45, 2.75) is 25.9 Å². The Balaban J connectivity index is 1.72. The van der Waals surface area contributed by atoms with E-state index < -0.39 is 0 Å². The van der Waals surface area contributed by atoms with Gasteiger partial charge < -0.3 is 5.32 Å². The summed E-state index contributed by atoms with van der Waals surface area (Å²) < 4.78 is 1.96. The number of benzene rings is 2. The molecule has 4 nitrogen and oxygen atoms in total. The molecule has 0 bridgehead atoms. The van der Waals surface area contributed by atoms with Crippen LogP contribution in [0, 0.1) is 20.8 Å². The lowest BCUT2D eigenvalue weighted by atomic mass is 10.1. The van der Waals surface area contributed by atoms with Crippen molar-refractivity contribution in [2.75, 3.05) is 11.1 Å². The van der Waals surface area contributed by atoms with E-state index in [0.717, 1.165) is 33.2 Å². The maximum Gasteiger partial charge on any atom is 0.234 e. The lowest BCUT2D eigenvalue weighted by molar-refractivity contribution is -0.113. The number of rotatable bonds is 5. The normalized spacial score (nSPS) is 10.8. The van der Waals surface area contributed by atoms with Gasteiger partial charge in [-0.3, -0.25) is 9.36 Å². The molecule has 0 saturated carbocycles. The molecule has 2 aromatic carbocycles. The standard InChI is InChI=1S/C20H20ClN3OS/c1-13-6-4-7-14(2)19(13)23-18(25)12-26-20-22-10-11-24(20)17-9-5-8-16(21)15(17)3/h4-11H,12H2,1-3H3,(H,23,25). The van der Waals surface area contributed by atoms with Gasteiger partial charge in [-0.15, -0.1) is 0 Å². The van der Waals surface area contributed by atoms with Gasteiger partial charge in [0, 0.05) is 23.1 Å². The molecule has 0 atom stereocenters. The molecule has 0 spiro atoms. The lowest BCUT2D eigenvalue weighted by Gasteiger charge is -2.13. The number of anilines is 1. The lowest BCUT2D eigenvalue weighted by Crippen LogP contribution is -2.16. The van der Waals surface area contributed by atoms with Crippen molar-refractivity contribution in [1.82, 2.24) is 9.55 Å². The van der Waals surface area contributed by atoms with Crippen LogP contribution in [0.3, 0.4) is 0 Å². The van der Waals surface area contributed by atoms with Crippen molar-refractivity contribution in [3.63, 3.8) is 0 Å². The van der Waals surface area contributed by atoms with Gasteiger partial charge in [0.15, 0.2) is 5.16 Å². The number of para-hydroxylation sites is 1. The smallest absolute Gasteiger partial charge is 0.234 e. The summed E-state index contributed by atoms with van der Waals surface area (Å²) >= 11 is 7.62. The number of amides is 1. The van der Waals surface area contributed by atoms with E-state index in [1.54, 1.807) is 6.20 Å². The topological polar surface area (TPSA) is 46.9 Å². The first-order valence-electron chi connectivity index (χ1n) is 8.25. The molecule has 0 fully saturated rings. The molecule has 3 rings (SSSR count). The first kappa shape index (κ1) is 18.5. The van der Waals surface area contributed by atoms with E-state index in [2.05, 4.69) is 10.3 Å². The molecule has 3 aromatic rings. The van der Waals surface area contributed by atoms with Crippen molar-refractivity contribution in [2.24, 2.45) is 0 Å². The fourth-order valence-electron chi connectivity index (χ4n) is 2.75. The quantitative estimate of drug-likeness (QED) is 0.615. The first-order chi connectivity index (χ1) is 12.5. The van der Waals surface area contributed by atoms with E-state index in [-0.39, 0.29) is 11.7 Å². The van der Waals surface area contributed by atoms with Crippen LogP contribution in [-0.4, -0.2) is 21.2 Å². The monoisotopic (exact) mass is 385 g/mol. The second-order valence-electron chi connectivity index (χ2n) is 6.07. The molecule has 6 heteroatoms. The Labute approximate surface area is 162 Å². The second kappa shape index (κ2) is 7.98. The summed E-state index contributed by atoms with van der Waals surface area (Å²) in [4.78, 5) is 16.8. The molecule has 0 aliphatic heterocycles. The van der Waals surface area contributed by atoms with Gasteiger partial charge in [-0.25, -0.2) is 4.98 Å². The number of hydrogen-bond donors (Lipinski definition) is 1. The SMILES string of the molecule is Cc1cccc(C)c1NC(=O)CSc1nccn1-c1cccc(Cl)c1C. The highest BCUT2D eigenvalue weighted by Gasteiger charge is 2.13. The minimum atomic E-state index is -0.0511. The fourth-order valence-corrected chi connectivity index (χ4v) is 3.69. The van der Waals surface area contributed by atoms with Crippen molar-refractivity contribution >= 4 is 35.0 Å². The third-order valence-corrected chi connectivity index (χ3v) is 5.56. The van der Waals surface area contributed by atoms with Crippen LogP contribution in [-0.2, 0) is 4.79 Å². The summed E-state index contributed by atoms with van der Waals surface area (Å²) in [5, 5.41) is 4.47. The molecule has 1 N–H and O–H groups in total. The third-order valence-electron chi connectivity index (χ3n) is 4.18. The van der Waals surface area contributed by atoms with Crippen LogP contribution in [0.1, 0.15) is 16.7 Å². The highest BCUT2D eigenvalue weighted by molar-refractivity contribution is 7.99. The number of thioether (sulfide) groups is 1. The fraction of sp³-hybridized carbons (Fsp3) is 0.200. The maximum atomic E-state index is 12.4. The van der Waals surface area contributed by atoms with Gasteiger partial charge in [0.05, 0.1) is 11.4 Å². The van der Waals surface area contributed by atoms with Gasteiger partial charge in [-0.2, -0.15) is 0 Å². The maximum absolute atomic E-state index is 12.4. The van der Waals surface area contributed by atoms with Crippen molar-refractivity contribution in [1.29, 1.82) is 0 Å². The summed E-state index contributed by atoms with van der Waals surface area (Å²) in [6, 6.07) is 11.7. The number of hydrogen-bond acceptors (Lipinski definition) is 3. The van der Waals surface area contributed by atoms with E-state index in [1.807, 2.05) is 67.9 Å². The van der Waals surface area contributed by atoms with Crippen LogP contribution in [0.4, 0.5) is 5.69 Å². The summed E-state index contributed by atoms with van der Waals surface area (Å²) in [7, 11) is 0. The molecule has 0 aliphatic carbocycles. The Morgan fingerprint density at radius 2 is 1.85 bits per heavy atom. The number of carbonyl (C=O) groups excluding carboxylic acids is 1. The van der Waals surface area contributed by atoms with Gasteiger partial charge in [0.25, 0.3) is 0 Å². The Hall–Kier alpha value is -2.24.